The molecule has 0 saturated carbocycles. The molecule has 19 heavy (non-hydrogen) atoms. The Labute approximate surface area is 124 Å². The van der Waals surface area contributed by atoms with E-state index in [4.69, 9.17) is 17.3 Å². The summed E-state index contributed by atoms with van der Waals surface area (Å²) < 4.78 is 0. The quantitative estimate of drug-likeness (QED) is 0.823. The highest BCUT2D eigenvalue weighted by Gasteiger charge is 2.20. The van der Waals surface area contributed by atoms with Crippen molar-refractivity contribution in [1.29, 1.82) is 0 Å². The van der Waals surface area contributed by atoms with Gasteiger partial charge in [-0.25, -0.2) is 0 Å². The van der Waals surface area contributed by atoms with Gasteiger partial charge >= 0.3 is 0 Å². The molecule has 2 aromatic rings. The van der Waals surface area contributed by atoms with Crippen molar-refractivity contribution in [3.63, 3.8) is 0 Å². The highest BCUT2D eigenvalue weighted by molar-refractivity contribution is 7.12. The van der Waals surface area contributed by atoms with Gasteiger partial charge in [0.1, 0.15) is 0 Å². The van der Waals surface area contributed by atoms with Gasteiger partial charge in [-0.1, -0.05) is 44.5 Å². The summed E-state index contributed by atoms with van der Waals surface area (Å²) in [6, 6.07) is 10.2. The van der Waals surface area contributed by atoms with Crippen LogP contribution in [0.15, 0.2) is 30.3 Å². The highest BCUT2D eigenvalue weighted by Crippen LogP contribution is 2.35. The standard InChI is InChI=1S/C16H20ClNS/c1-10-5-6-11(12(17)9-10)15(18)13-7-8-14(19-13)16(2,3)4/h5-9,15H,18H2,1-4H3. The first-order valence-corrected chi connectivity index (χ1v) is 7.60. The third kappa shape index (κ3) is 3.19. The summed E-state index contributed by atoms with van der Waals surface area (Å²) >= 11 is 8.07. The zero-order chi connectivity index (χ0) is 14.2. The molecule has 0 spiro atoms. The Morgan fingerprint density at radius 2 is 1.84 bits per heavy atom. The molecule has 1 nitrogen and oxygen atoms in total. The smallest absolute Gasteiger partial charge is 0.0660 e. The summed E-state index contributed by atoms with van der Waals surface area (Å²) in [6.45, 7) is 8.68. The molecule has 0 aliphatic carbocycles. The molecule has 102 valence electrons. The van der Waals surface area contributed by atoms with E-state index >= 15 is 0 Å². The predicted molar refractivity (Wildman–Crippen MR) is 85.2 cm³/mol. The van der Waals surface area contributed by atoms with Crippen LogP contribution in [0.5, 0.6) is 0 Å². The number of nitrogens with two attached hydrogens (primary N) is 1. The van der Waals surface area contributed by atoms with Gasteiger partial charge in [0.05, 0.1) is 6.04 Å². The van der Waals surface area contributed by atoms with Gasteiger partial charge in [-0.15, -0.1) is 11.3 Å². The van der Waals surface area contributed by atoms with E-state index in [1.54, 1.807) is 11.3 Å². The van der Waals surface area contributed by atoms with Crippen LogP contribution in [0.1, 0.15) is 47.7 Å². The molecule has 1 heterocycles. The molecule has 1 aromatic carbocycles. The van der Waals surface area contributed by atoms with Crippen molar-refractivity contribution >= 4 is 22.9 Å². The van der Waals surface area contributed by atoms with Crippen molar-refractivity contribution in [2.75, 3.05) is 0 Å². The SMILES string of the molecule is Cc1ccc(C(N)c2ccc(C(C)(C)C)s2)c(Cl)c1. The average Bonchev–Trinajstić information content (AvgIpc) is 2.76. The Morgan fingerprint density at radius 3 is 2.37 bits per heavy atom. The van der Waals surface area contributed by atoms with Crippen molar-refractivity contribution in [2.24, 2.45) is 5.73 Å². The van der Waals surface area contributed by atoms with Gasteiger partial charge in [0.25, 0.3) is 0 Å². The van der Waals surface area contributed by atoms with Crippen LogP contribution >= 0.6 is 22.9 Å². The van der Waals surface area contributed by atoms with E-state index in [1.807, 2.05) is 19.1 Å². The summed E-state index contributed by atoms with van der Waals surface area (Å²) in [5.41, 5.74) is 8.67. The van der Waals surface area contributed by atoms with Crippen LogP contribution in [-0.4, -0.2) is 0 Å². The second kappa shape index (κ2) is 5.28. The van der Waals surface area contributed by atoms with Gasteiger partial charge in [0.2, 0.25) is 0 Å². The number of hydrogen-bond acceptors (Lipinski definition) is 2. The number of thiophene rings is 1. The largest absolute Gasteiger partial charge is 0.320 e. The van der Waals surface area contributed by atoms with E-state index in [0.29, 0.717) is 0 Å². The summed E-state index contributed by atoms with van der Waals surface area (Å²) in [5.74, 6) is 0. The minimum atomic E-state index is -0.144. The maximum atomic E-state index is 6.35. The zero-order valence-electron chi connectivity index (χ0n) is 11.8. The summed E-state index contributed by atoms with van der Waals surface area (Å²) in [7, 11) is 0. The van der Waals surface area contributed by atoms with Gasteiger partial charge in [-0.05, 0) is 41.7 Å². The van der Waals surface area contributed by atoms with Crippen molar-refractivity contribution < 1.29 is 0 Å². The molecule has 0 aliphatic rings. The van der Waals surface area contributed by atoms with Crippen molar-refractivity contribution in [3.05, 3.63) is 56.2 Å². The van der Waals surface area contributed by atoms with E-state index in [-0.39, 0.29) is 11.5 Å². The molecule has 0 saturated heterocycles. The normalized spacial score (nSPS) is 13.6. The monoisotopic (exact) mass is 293 g/mol. The molecule has 1 aromatic heterocycles. The molecular weight excluding hydrogens is 274 g/mol. The van der Waals surface area contributed by atoms with Gasteiger partial charge < -0.3 is 5.73 Å². The Hall–Kier alpha value is -0.830. The topological polar surface area (TPSA) is 26.0 Å². The molecule has 1 unspecified atom stereocenters. The lowest BCUT2D eigenvalue weighted by Crippen LogP contribution is -2.11. The Balaban J connectivity index is 2.34. The minimum absolute atomic E-state index is 0.144. The molecule has 0 radical (unpaired) electrons. The summed E-state index contributed by atoms with van der Waals surface area (Å²) in [4.78, 5) is 2.51. The Bertz CT molecular complexity index is 581. The number of benzene rings is 1. The average molecular weight is 294 g/mol. The predicted octanol–water partition coefficient (Wildman–Crippen LogP) is 5.06. The molecule has 2 N–H and O–H groups in total. The fourth-order valence-corrected chi connectivity index (χ4v) is 3.40. The fraction of sp³-hybridized carbons (Fsp3) is 0.375. The molecule has 0 aliphatic heterocycles. The van der Waals surface area contributed by atoms with Crippen LogP contribution in [0.4, 0.5) is 0 Å². The lowest BCUT2D eigenvalue weighted by molar-refractivity contribution is 0.604. The van der Waals surface area contributed by atoms with Gasteiger partial charge in [0.15, 0.2) is 0 Å². The van der Waals surface area contributed by atoms with Crippen LogP contribution in [0, 0.1) is 6.92 Å². The fourth-order valence-electron chi connectivity index (χ4n) is 1.96. The second-order valence-corrected chi connectivity index (χ2v) is 7.48. The first-order chi connectivity index (χ1) is 8.79. The van der Waals surface area contributed by atoms with E-state index in [1.165, 1.54) is 4.88 Å². The highest BCUT2D eigenvalue weighted by atomic mass is 35.5. The van der Waals surface area contributed by atoms with Crippen molar-refractivity contribution in [2.45, 2.75) is 39.2 Å². The summed E-state index contributed by atoms with van der Waals surface area (Å²) in [6.07, 6.45) is 0. The molecule has 0 bridgehead atoms. The maximum Gasteiger partial charge on any atom is 0.0660 e. The molecule has 0 fully saturated rings. The lowest BCUT2D eigenvalue weighted by atomic mass is 9.95. The molecule has 3 heteroatoms. The van der Waals surface area contributed by atoms with Crippen LogP contribution in [0.3, 0.4) is 0 Å². The van der Waals surface area contributed by atoms with Crippen molar-refractivity contribution in [3.8, 4) is 0 Å². The first-order valence-electron chi connectivity index (χ1n) is 6.41. The van der Waals surface area contributed by atoms with Gasteiger partial charge in [-0.2, -0.15) is 0 Å². The molecule has 1 atom stereocenters. The van der Waals surface area contributed by atoms with Crippen LogP contribution < -0.4 is 5.73 Å². The maximum absolute atomic E-state index is 6.35. The van der Waals surface area contributed by atoms with Crippen molar-refractivity contribution in [1.82, 2.24) is 0 Å². The summed E-state index contributed by atoms with van der Waals surface area (Å²) in [5, 5.41) is 0.748. The van der Waals surface area contributed by atoms with E-state index in [0.717, 1.165) is 21.0 Å². The van der Waals surface area contributed by atoms with Crippen LogP contribution in [-0.2, 0) is 5.41 Å². The molecule has 2 rings (SSSR count). The number of rotatable bonds is 2. The minimum Gasteiger partial charge on any atom is -0.320 e. The number of halogens is 1. The second-order valence-electron chi connectivity index (χ2n) is 5.95. The van der Waals surface area contributed by atoms with Crippen LogP contribution in [0.2, 0.25) is 5.02 Å². The zero-order valence-corrected chi connectivity index (χ0v) is 13.4. The van der Waals surface area contributed by atoms with Gasteiger partial charge in [0, 0.05) is 14.8 Å². The van der Waals surface area contributed by atoms with E-state index < -0.39 is 0 Å². The molecule has 0 amide bonds. The Kier molecular flexibility index (Phi) is 4.05. The molecular formula is C16H20ClNS. The lowest BCUT2D eigenvalue weighted by Gasteiger charge is -2.16. The Morgan fingerprint density at radius 1 is 1.16 bits per heavy atom. The first kappa shape index (κ1) is 14.6. The van der Waals surface area contributed by atoms with E-state index in [9.17, 15) is 0 Å². The van der Waals surface area contributed by atoms with Crippen LogP contribution in [0.25, 0.3) is 0 Å². The van der Waals surface area contributed by atoms with Gasteiger partial charge in [-0.3, -0.25) is 0 Å². The third-order valence-corrected chi connectivity index (χ3v) is 5.08. The third-order valence-electron chi connectivity index (χ3n) is 3.16. The number of hydrogen-bond donors (Lipinski definition) is 1. The number of aryl methyl sites for hydroxylation is 1. The van der Waals surface area contributed by atoms with E-state index in [2.05, 4.69) is 39.0 Å².